The minimum atomic E-state index is 0.686. The molecule has 2 aromatic rings. The Morgan fingerprint density at radius 3 is 2.16 bits per heavy atom. The van der Waals surface area contributed by atoms with Crippen LogP contribution in [-0.2, 0) is 0 Å². The van der Waals surface area contributed by atoms with Gasteiger partial charge in [-0.2, -0.15) is 0 Å². The van der Waals surface area contributed by atoms with Gasteiger partial charge >= 0.3 is 0 Å². The van der Waals surface area contributed by atoms with Gasteiger partial charge in [0.1, 0.15) is 0 Å². The van der Waals surface area contributed by atoms with Crippen molar-refractivity contribution in [1.29, 1.82) is 0 Å². The van der Waals surface area contributed by atoms with Crippen LogP contribution in [0.3, 0.4) is 0 Å². The van der Waals surface area contributed by atoms with Crippen molar-refractivity contribution in [2.75, 3.05) is 18.0 Å². The third-order valence-electron chi connectivity index (χ3n) is 3.94. The molecule has 98 valence electrons. The predicted octanol–water partition coefficient (Wildman–Crippen LogP) is 4.67. The van der Waals surface area contributed by atoms with Crippen LogP contribution in [-0.4, -0.2) is 13.1 Å². The summed E-state index contributed by atoms with van der Waals surface area (Å²) < 4.78 is 1.23. The Morgan fingerprint density at radius 1 is 1.00 bits per heavy atom. The summed E-state index contributed by atoms with van der Waals surface area (Å²) in [6.45, 7) is 6.58. The van der Waals surface area contributed by atoms with E-state index in [4.69, 9.17) is 0 Å². The van der Waals surface area contributed by atoms with Crippen molar-refractivity contribution in [2.45, 2.75) is 19.8 Å². The molecule has 1 heterocycles. The van der Waals surface area contributed by atoms with Gasteiger partial charge in [0.15, 0.2) is 0 Å². The van der Waals surface area contributed by atoms with Crippen LogP contribution in [0.25, 0.3) is 0 Å². The minimum absolute atomic E-state index is 0.686. The fourth-order valence-electron chi connectivity index (χ4n) is 2.73. The lowest BCUT2D eigenvalue weighted by atomic mass is 9.90. The van der Waals surface area contributed by atoms with E-state index in [-0.39, 0.29) is 0 Å². The van der Waals surface area contributed by atoms with Crippen LogP contribution < -0.4 is 4.90 Å². The van der Waals surface area contributed by atoms with Crippen LogP contribution in [0.2, 0.25) is 0 Å². The van der Waals surface area contributed by atoms with E-state index < -0.39 is 0 Å². The molecular weight excluding hydrogens is 298 g/mol. The lowest BCUT2D eigenvalue weighted by Gasteiger charge is -2.41. The fourth-order valence-corrected chi connectivity index (χ4v) is 2.96. The molecule has 1 fully saturated rings. The average Bonchev–Trinajstić information content (AvgIpc) is 2.35. The molecule has 0 atom stereocenters. The van der Waals surface area contributed by atoms with Gasteiger partial charge in [0.25, 0.3) is 0 Å². The second-order valence-corrected chi connectivity index (χ2v) is 6.20. The number of hydrogen-bond acceptors (Lipinski definition) is 1. The quantitative estimate of drug-likeness (QED) is 0.778. The second-order valence-electron chi connectivity index (χ2n) is 5.41. The van der Waals surface area contributed by atoms with Gasteiger partial charge in [0, 0.05) is 29.2 Å². The number of benzene rings is 2. The van der Waals surface area contributed by atoms with Crippen LogP contribution in [0.1, 0.15) is 22.6 Å². The fraction of sp³-hybridized carbons (Fsp3) is 0.294. The third kappa shape index (κ3) is 2.42. The van der Waals surface area contributed by atoms with Gasteiger partial charge in [-0.05, 0) is 42.7 Å². The van der Waals surface area contributed by atoms with Gasteiger partial charge in [0.05, 0.1) is 0 Å². The summed E-state index contributed by atoms with van der Waals surface area (Å²) in [6.07, 6.45) is 0. The largest absolute Gasteiger partial charge is 0.370 e. The van der Waals surface area contributed by atoms with Crippen molar-refractivity contribution in [3.63, 3.8) is 0 Å². The van der Waals surface area contributed by atoms with Crippen LogP contribution in [0, 0.1) is 13.8 Å². The number of hydrogen-bond donors (Lipinski definition) is 0. The molecule has 0 spiro atoms. The van der Waals surface area contributed by atoms with E-state index in [1.807, 2.05) is 0 Å². The summed E-state index contributed by atoms with van der Waals surface area (Å²) in [6, 6.07) is 15.4. The molecule has 1 aliphatic heterocycles. The maximum atomic E-state index is 3.63. The van der Waals surface area contributed by atoms with E-state index >= 15 is 0 Å². The highest BCUT2D eigenvalue weighted by Gasteiger charge is 2.28. The SMILES string of the molecule is Cc1cc(N2CC(c3ccccc3)C2)cc(C)c1Br. The first-order valence-electron chi connectivity index (χ1n) is 6.72. The van der Waals surface area contributed by atoms with E-state index in [1.165, 1.54) is 26.9 Å². The first-order chi connectivity index (χ1) is 9.15. The van der Waals surface area contributed by atoms with Gasteiger partial charge in [-0.25, -0.2) is 0 Å². The molecule has 2 aromatic carbocycles. The molecule has 0 amide bonds. The molecular formula is C17H18BrN. The Bertz CT molecular complexity index is 562. The molecule has 3 rings (SSSR count). The second kappa shape index (κ2) is 5.01. The van der Waals surface area contributed by atoms with E-state index in [0.717, 1.165) is 13.1 Å². The zero-order valence-corrected chi connectivity index (χ0v) is 12.9. The highest BCUT2D eigenvalue weighted by atomic mass is 79.9. The molecule has 0 bridgehead atoms. The van der Waals surface area contributed by atoms with Crippen molar-refractivity contribution in [3.05, 3.63) is 63.6 Å². The number of aryl methyl sites for hydroxylation is 2. The number of rotatable bonds is 2. The zero-order chi connectivity index (χ0) is 13.4. The number of anilines is 1. The Hall–Kier alpha value is -1.28. The summed E-state index contributed by atoms with van der Waals surface area (Å²) >= 11 is 3.63. The molecule has 0 saturated carbocycles. The van der Waals surface area contributed by atoms with E-state index in [0.29, 0.717) is 5.92 Å². The Labute approximate surface area is 123 Å². The summed E-state index contributed by atoms with van der Waals surface area (Å²) in [7, 11) is 0. The zero-order valence-electron chi connectivity index (χ0n) is 11.4. The Morgan fingerprint density at radius 2 is 1.58 bits per heavy atom. The molecule has 0 N–H and O–H groups in total. The summed E-state index contributed by atoms with van der Waals surface area (Å²) in [5.41, 5.74) is 5.45. The molecule has 0 radical (unpaired) electrons. The maximum absolute atomic E-state index is 3.63. The van der Waals surface area contributed by atoms with Gasteiger partial charge in [-0.15, -0.1) is 0 Å². The van der Waals surface area contributed by atoms with Crippen molar-refractivity contribution >= 4 is 21.6 Å². The lowest BCUT2D eigenvalue weighted by molar-refractivity contribution is 0.525. The smallest absolute Gasteiger partial charge is 0.0372 e. The average molecular weight is 316 g/mol. The molecule has 2 heteroatoms. The molecule has 1 saturated heterocycles. The molecule has 1 aliphatic rings. The highest BCUT2D eigenvalue weighted by molar-refractivity contribution is 9.10. The van der Waals surface area contributed by atoms with Crippen molar-refractivity contribution < 1.29 is 0 Å². The Balaban J connectivity index is 1.74. The van der Waals surface area contributed by atoms with Gasteiger partial charge in [0.2, 0.25) is 0 Å². The van der Waals surface area contributed by atoms with Crippen LogP contribution in [0.4, 0.5) is 5.69 Å². The van der Waals surface area contributed by atoms with Crippen LogP contribution >= 0.6 is 15.9 Å². The van der Waals surface area contributed by atoms with Gasteiger partial charge in [-0.1, -0.05) is 46.3 Å². The van der Waals surface area contributed by atoms with Crippen LogP contribution in [0.15, 0.2) is 46.9 Å². The molecule has 0 aromatic heterocycles. The maximum Gasteiger partial charge on any atom is 0.0372 e. The standard InChI is InChI=1S/C17H18BrN/c1-12-8-16(9-13(2)17(12)18)19-10-15(11-19)14-6-4-3-5-7-14/h3-9,15H,10-11H2,1-2H3. The van der Waals surface area contributed by atoms with E-state index in [1.54, 1.807) is 0 Å². The molecule has 1 nitrogen and oxygen atoms in total. The lowest BCUT2D eigenvalue weighted by Crippen LogP contribution is -2.45. The number of nitrogens with zero attached hydrogens (tertiary/aromatic N) is 1. The van der Waals surface area contributed by atoms with Gasteiger partial charge in [-0.3, -0.25) is 0 Å². The predicted molar refractivity (Wildman–Crippen MR) is 85.0 cm³/mol. The summed E-state index contributed by atoms with van der Waals surface area (Å²) in [4.78, 5) is 2.46. The minimum Gasteiger partial charge on any atom is -0.370 e. The third-order valence-corrected chi connectivity index (χ3v) is 5.19. The summed E-state index contributed by atoms with van der Waals surface area (Å²) in [5.74, 6) is 0.686. The van der Waals surface area contributed by atoms with Crippen molar-refractivity contribution in [1.82, 2.24) is 0 Å². The summed E-state index contributed by atoms with van der Waals surface area (Å²) in [5, 5.41) is 0. The topological polar surface area (TPSA) is 3.24 Å². The normalized spacial score (nSPS) is 15.4. The molecule has 0 unspecified atom stereocenters. The van der Waals surface area contributed by atoms with Crippen molar-refractivity contribution in [2.24, 2.45) is 0 Å². The first kappa shape index (κ1) is 12.7. The van der Waals surface area contributed by atoms with Crippen molar-refractivity contribution in [3.8, 4) is 0 Å². The molecule has 19 heavy (non-hydrogen) atoms. The number of halogens is 1. The monoisotopic (exact) mass is 315 g/mol. The Kier molecular flexibility index (Phi) is 3.36. The first-order valence-corrected chi connectivity index (χ1v) is 7.51. The van der Waals surface area contributed by atoms with Gasteiger partial charge < -0.3 is 4.90 Å². The highest BCUT2D eigenvalue weighted by Crippen LogP contribution is 2.34. The van der Waals surface area contributed by atoms with Crippen LogP contribution in [0.5, 0.6) is 0 Å². The van der Waals surface area contributed by atoms with E-state index in [2.05, 4.69) is 77.1 Å². The molecule has 0 aliphatic carbocycles. The van der Waals surface area contributed by atoms with E-state index in [9.17, 15) is 0 Å².